The summed E-state index contributed by atoms with van der Waals surface area (Å²) in [5, 5.41) is 21.9. The molecule has 0 heterocycles. The first-order chi connectivity index (χ1) is 8.32. The molecule has 100 valence electrons. The molecule has 6 heteroatoms. The number of aliphatic hydroxyl groups is 1. The van der Waals surface area contributed by atoms with Gasteiger partial charge in [0, 0.05) is 10.0 Å². The highest BCUT2D eigenvalue weighted by Gasteiger charge is 2.27. The SMILES string of the molecule is CC(C)[C@@H](O)[C@H](NC(=O)O)c1ccc(Cl)cc1Cl. The van der Waals surface area contributed by atoms with Gasteiger partial charge in [-0.2, -0.15) is 0 Å². The van der Waals surface area contributed by atoms with E-state index in [-0.39, 0.29) is 5.92 Å². The Labute approximate surface area is 116 Å². The molecule has 1 rings (SSSR count). The maximum Gasteiger partial charge on any atom is 0.405 e. The van der Waals surface area contributed by atoms with E-state index >= 15 is 0 Å². The van der Waals surface area contributed by atoms with Crippen LogP contribution in [0.5, 0.6) is 0 Å². The molecule has 3 N–H and O–H groups in total. The number of carbonyl (C=O) groups is 1. The van der Waals surface area contributed by atoms with Crippen molar-refractivity contribution in [3.8, 4) is 0 Å². The second kappa shape index (κ2) is 6.27. The number of carboxylic acid groups (broad SMARTS) is 1. The average molecular weight is 292 g/mol. The first-order valence-electron chi connectivity index (χ1n) is 5.45. The number of amides is 1. The van der Waals surface area contributed by atoms with Crippen LogP contribution in [0, 0.1) is 5.92 Å². The highest BCUT2D eigenvalue weighted by Crippen LogP contribution is 2.30. The largest absolute Gasteiger partial charge is 0.465 e. The van der Waals surface area contributed by atoms with Crippen LogP contribution >= 0.6 is 23.2 Å². The van der Waals surface area contributed by atoms with Crippen molar-refractivity contribution in [2.45, 2.75) is 26.0 Å². The molecular formula is C12H15Cl2NO3. The quantitative estimate of drug-likeness (QED) is 0.797. The second-order valence-electron chi connectivity index (χ2n) is 4.33. The van der Waals surface area contributed by atoms with E-state index in [1.165, 1.54) is 6.07 Å². The Balaban J connectivity index is 3.12. The van der Waals surface area contributed by atoms with Gasteiger partial charge in [-0.1, -0.05) is 43.1 Å². The minimum Gasteiger partial charge on any atom is -0.465 e. The van der Waals surface area contributed by atoms with Crippen LogP contribution in [0.2, 0.25) is 10.0 Å². The zero-order chi connectivity index (χ0) is 13.9. The monoisotopic (exact) mass is 291 g/mol. The Morgan fingerprint density at radius 2 is 1.94 bits per heavy atom. The fourth-order valence-electron chi connectivity index (χ4n) is 1.62. The van der Waals surface area contributed by atoms with Crippen molar-refractivity contribution < 1.29 is 15.0 Å². The van der Waals surface area contributed by atoms with Gasteiger partial charge in [-0.25, -0.2) is 4.79 Å². The minimum atomic E-state index is -1.22. The zero-order valence-electron chi connectivity index (χ0n) is 10.0. The lowest BCUT2D eigenvalue weighted by Crippen LogP contribution is -2.38. The van der Waals surface area contributed by atoms with Gasteiger partial charge in [-0.3, -0.25) is 0 Å². The molecule has 1 amide bonds. The van der Waals surface area contributed by atoms with Crippen LogP contribution in [0.15, 0.2) is 18.2 Å². The number of nitrogens with one attached hydrogen (secondary N) is 1. The van der Waals surface area contributed by atoms with E-state index in [9.17, 15) is 9.90 Å². The molecule has 0 spiro atoms. The van der Waals surface area contributed by atoms with Crippen LogP contribution in [0.1, 0.15) is 25.5 Å². The number of halogens is 2. The molecule has 0 saturated heterocycles. The zero-order valence-corrected chi connectivity index (χ0v) is 11.5. The van der Waals surface area contributed by atoms with Crippen molar-refractivity contribution in [3.63, 3.8) is 0 Å². The number of hydrogen-bond acceptors (Lipinski definition) is 2. The molecule has 1 aromatic rings. The molecule has 0 fully saturated rings. The van der Waals surface area contributed by atoms with Crippen molar-refractivity contribution in [3.05, 3.63) is 33.8 Å². The van der Waals surface area contributed by atoms with Gasteiger partial charge in [0.25, 0.3) is 0 Å². The maximum absolute atomic E-state index is 10.8. The first kappa shape index (κ1) is 15.1. The van der Waals surface area contributed by atoms with Gasteiger partial charge in [0.05, 0.1) is 12.1 Å². The minimum absolute atomic E-state index is 0.117. The Hall–Kier alpha value is -0.970. The summed E-state index contributed by atoms with van der Waals surface area (Å²) in [5.74, 6) is -0.117. The third-order valence-electron chi connectivity index (χ3n) is 2.60. The topological polar surface area (TPSA) is 69.6 Å². The standard InChI is InChI=1S/C12H15Cl2NO3/c1-6(2)11(16)10(15-12(17)18)8-4-3-7(13)5-9(8)14/h3-6,10-11,15-16H,1-2H3,(H,17,18)/t10-,11-/m1/s1. The van der Waals surface area contributed by atoms with E-state index in [0.717, 1.165) is 0 Å². The molecule has 1 aromatic carbocycles. The van der Waals surface area contributed by atoms with Crippen LogP contribution in [0.4, 0.5) is 4.79 Å². The van der Waals surface area contributed by atoms with E-state index in [1.54, 1.807) is 26.0 Å². The Kier molecular flexibility index (Phi) is 5.26. The smallest absolute Gasteiger partial charge is 0.405 e. The summed E-state index contributed by atoms with van der Waals surface area (Å²) >= 11 is 11.8. The second-order valence-corrected chi connectivity index (χ2v) is 5.17. The molecule has 0 aliphatic heterocycles. The average Bonchev–Trinajstić information content (AvgIpc) is 2.25. The summed E-state index contributed by atoms with van der Waals surface area (Å²) in [6.07, 6.45) is -2.09. The van der Waals surface area contributed by atoms with Crippen molar-refractivity contribution in [1.29, 1.82) is 0 Å². The molecular weight excluding hydrogens is 277 g/mol. The fourth-order valence-corrected chi connectivity index (χ4v) is 2.14. The van der Waals surface area contributed by atoms with E-state index in [4.69, 9.17) is 28.3 Å². The summed E-state index contributed by atoms with van der Waals surface area (Å²) < 4.78 is 0. The molecule has 0 aliphatic rings. The Bertz CT molecular complexity index is 437. The Morgan fingerprint density at radius 3 is 2.39 bits per heavy atom. The lowest BCUT2D eigenvalue weighted by Gasteiger charge is -2.26. The van der Waals surface area contributed by atoms with Gasteiger partial charge in [0.1, 0.15) is 0 Å². The molecule has 18 heavy (non-hydrogen) atoms. The van der Waals surface area contributed by atoms with Crippen molar-refractivity contribution in [1.82, 2.24) is 5.32 Å². The molecule has 4 nitrogen and oxygen atoms in total. The summed E-state index contributed by atoms with van der Waals surface area (Å²) in [5.41, 5.74) is 0.504. The van der Waals surface area contributed by atoms with Gasteiger partial charge < -0.3 is 15.5 Å². The van der Waals surface area contributed by atoms with Crippen molar-refractivity contribution >= 4 is 29.3 Å². The van der Waals surface area contributed by atoms with Gasteiger partial charge in [-0.15, -0.1) is 0 Å². The summed E-state index contributed by atoms with van der Waals surface area (Å²) in [6.45, 7) is 3.59. The number of benzene rings is 1. The van der Waals surface area contributed by atoms with Crippen molar-refractivity contribution in [2.75, 3.05) is 0 Å². The maximum atomic E-state index is 10.8. The van der Waals surface area contributed by atoms with E-state index < -0.39 is 18.2 Å². The van der Waals surface area contributed by atoms with Crippen molar-refractivity contribution in [2.24, 2.45) is 5.92 Å². The van der Waals surface area contributed by atoms with Crippen LogP contribution < -0.4 is 5.32 Å². The molecule has 2 atom stereocenters. The van der Waals surface area contributed by atoms with Crippen LogP contribution in [0.25, 0.3) is 0 Å². The Morgan fingerprint density at radius 1 is 1.33 bits per heavy atom. The summed E-state index contributed by atoms with van der Waals surface area (Å²) in [4.78, 5) is 10.8. The summed E-state index contributed by atoms with van der Waals surface area (Å²) in [6, 6.07) is 3.94. The molecule has 0 radical (unpaired) electrons. The van der Waals surface area contributed by atoms with Gasteiger partial charge in [0.2, 0.25) is 0 Å². The van der Waals surface area contributed by atoms with E-state index in [1.807, 2.05) is 0 Å². The molecule has 0 aromatic heterocycles. The normalized spacial score (nSPS) is 14.3. The molecule has 0 unspecified atom stereocenters. The highest BCUT2D eigenvalue weighted by atomic mass is 35.5. The number of aliphatic hydroxyl groups excluding tert-OH is 1. The molecule has 0 aliphatic carbocycles. The lowest BCUT2D eigenvalue weighted by atomic mass is 9.94. The first-order valence-corrected chi connectivity index (χ1v) is 6.21. The molecule has 0 bridgehead atoms. The number of hydrogen-bond donors (Lipinski definition) is 3. The van der Waals surface area contributed by atoms with Crippen LogP contribution in [-0.2, 0) is 0 Å². The van der Waals surface area contributed by atoms with E-state index in [0.29, 0.717) is 15.6 Å². The van der Waals surface area contributed by atoms with Gasteiger partial charge >= 0.3 is 6.09 Å². The van der Waals surface area contributed by atoms with Crippen LogP contribution in [-0.4, -0.2) is 22.4 Å². The predicted octanol–water partition coefficient (Wildman–Crippen LogP) is 3.32. The van der Waals surface area contributed by atoms with Gasteiger partial charge in [0.15, 0.2) is 0 Å². The predicted molar refractivity (Wildman–Crippen MR) is 71.2 cm³/mol. The number of rotatable bonds is 4. The van der Waals surface area contributed by atoms with E-state index in [2.05, 4.69) is 5.32 Å². The third kappa shape index (κ3) is 3.77. The lowest BCUT2D eigenvalue weighted by molar-refractivity contribution is 0.0809. The molecule has 0 saturated carbocycles. The summed E-state index contributed by atoms with van der Waals surface area (Å²) in [7, 11) is 0. The third-order valence-corrected chi connectivity index (χ3v) is 3.16. The fraction of sp³-hybridized carbons (Fsp3) is 0.417. The van der Waals surface area contributed by atoms with Gasteiger partial charge in [-0.05, 0) is 23.6 Å². The highest BCUT2D eigenvalue weighted by molar-refractivity contribution is 6.35. The van der Waals surface area contributed by atoms with Crippen LogP contribution in [0.3, 0.4) is 0 Å².